The second kappa shape index (κ2) is 47.8. The number of rotatable bonds is 3. The molecule has 1 saturated heterocycles. The summed E-state index contributed by atoms with van der Waals surface area (Å²) in [6, 6.07) is 0. The van der Waals surface area contributed by atoms with Crippen molar-refractivity contribution in [3.8, 4) is 0 Å². The summed E-state index contributed by atoms with van der Waals surface area (Å²) < 4.78 is 58.4. The van der Waals surface area contributed by atoms with Crippen LogP contribution in [0.4, 0.5) is 0 Å². The van der Waals surface area contributed by atoms with Crippen LogP contribution < -0.4 is 23.8 Å². The van der Waals surface area contributed by atoms with Gasteiger partial charge >= 0.3 is 75.4 Å². The maximum atomic E-state index is 11.0. The minimum atomic E-state index is -1.16. The van der Waals surface area contributed by atoms with Gasteiger partial charge in [-0.25, -0.2) is 8.81 Å². The zero-order valence-electron chi connectivity index (χ0n) is 21.7. The Kier molecular flexibility index (Phi) is 76.5. The summed E-state index contributed by atoms with van der Waals surface area (Å²) in [5.74, 6) is 0. The molecule has 0 aromatic rings. The molecule has 1 unspecified atom stereocenters. The van der Waals surface area contributed by atoms with E-state index in [1.807, 2.05) is 0 Å². The van der Waals surface area contributed by atoms with Crippen molar-refractivity contribution in [3.63, 3.8) is 0 Å². The molecule has 0 aromatic carbocycles. The Morgan fingerprint density at radius 3 is 0.743 bits per heavy atom. The van der Waals surface area contributed by atoms with Gasteiger partial charge in [-0.3, -0.25) is 0 Å². The van der Waals surface area contributed by atoms with Gasteiger partial charge < -0.3 is 23.8 Å². The Bertz CT molecular complexity index is 390. The molecule has 10 nitrogen and oxygen atoms in total. The van der Waals surface area contributed by atoms with Gasteiger partial charge in [0, 0.05) is 37.2 Å². The topological polar surface area (TPSA) is 159 Å². The predicted octanol–water partition coefficient (Wildman–Crippen LogP) is -1.06. The fraction of sp³-hybridized carbons (Fsp3) is 0.750. The summed E-state index contributed by atoms with van der Waals surface area (Å²) in [6.45, 7) is 41.6. The van der Waals surface area contributed by atoms with E-state index in [-0.39, 0.29) is 48.7 Å². The summed E-state index contributed by atoms with van der Waals surface area (Å²) in [7, 11) is -2.40. The first-order valence-corrected chi connectivity index (χ1v) is 17.5. The Labute approximate surface area is 241 Å². The molecule has 0 N–H and O–H groups in total. The zero-order valence-corrected chi connectivity index (χ0v) is 27.7. The summed E-state index contributed by atoms with van der Waals surface area (Å²) in [4.78, 5) is 11.6. The van der Waals surface area contributed by atoms with Crippen molar-refractivity contribution in [1.82, 2.24) is 0 Å². The van der Waals surface area contributed by atoms with Crippen LogP contribution in [0.3, 0.4) is 0 Å². The van der Waals surface area contributed by atoms with Crippen LogP contribution in [0.2, 0.25) is 39.3 Å². The average Bonchev–Trinajstić information content (AvgIpc) is 2.80. The van der Waals surface area contributed by atoms with Crippen LogP contribution in [0.25, 0.3) is 0 Å². The van der Waals surface area contributed by atoms with Crippen LogP contribution in [0.5, 0.6) is 0 Å². The molecular weight excluding hydrogens is 678 g/mol. The van der Waals surface area contributed by atoms with Gasteiger partial charge in [-0.15, -0.1) is 0 Å². The third-order valence-electron chi connectivity index (χ3n) is 3.34. The SMILES string of the molecule is C1COCCOCCOCCO1.C[Si](C)(C)C(P[O-])[Si](C)(C)C.[C-]#[O+].[C-]#[O+].[C-]#[O+].[C-]#[O+].[C-]#[O+].[Li+].[W]. The largest absolute Gasteiger partial charge is 1.00 e. The Morgan fingerprint density at radius 1 is 0.543 bits per heavy atom. The fourth-order valence-electron chi connectivity index (χ4n) is 2.53. The molecule has 1 aliphatic heterocycles. The second-order valence-electron chi connectivity index (χ2n) is 7.73. The molecule has 0 aromatic heterocycles. The first kappa shape index (κ1) is 56.0. The van der Waals surface area contributed by atoms with E-state index < -0.39 is 16.1 Å². The third-order valence-corrected chi connectivity index (χ3v) is 18.1. The molecule has 0 bridgehead atoms. The number of hydrogen-bond donors (Lipinski definition) is 0. The quantitative estimate of drug-likeness (QED) is 0.158. The van der Waals surface area contributed by atoms with Gasteiger partial charge in [0.2, 0.25) is 0 Å². The fourth-order valence-corrected chi connectivity index (χ4v) is 15.8. The van der Waals surface area contributed by atoms with Crippen molar-refractivity contribution in [2.24, 2.45) is 0 Å². The van der Waals surface area contributed by atoms with Gasteiger partial charge in [0.15, 0.2) is 0 Å². The van der Waals surface area contributed by atoms with Crippen molar-refractivity contribution in [3.05, 3.63) is 33.3 Å². The number of hydrogen-bond acceptors (Lipinski definition) is 5. The van der Waals surface area contributed by atoms with Gasteiger partial charge in [0.1, 0.15) is 0 Å². The van der Waals surface area contributed by atoms with E-state index in [1.165, 1.54) is 0 Å². The van der Waals surface area contributed by atoms with Crippen LogP contribution in [-0.4, -0.2) is 73.9 Å². The van der Waals surface area contributed by atoms with Gasteiger partial charge in [0.25, 0.3) is 0 Å². The van der Waals surface area contributed by atoms with Gasteiger partial charge in [-0.2, -0.15) is 0 Å². The van der Waals surface area contributed by atoms with Crippen LogP contribution in [0.15, 0.2) is 0 Å². The van der Waals surface area contributed by atoms with E-state index in [2.05, 4.69) is 72.5 Å². The van der Waals surface area contributed by atoms with Gasteiger partial charge in [-0.05, 0) is 4.91 Å². The molecule has 0 spiro atoms. The van der Waals surface area contributed by atoms with Crippen LogP contribution in [0, 0.1) is 33.3 Å². The molecule has 1 atom stereocenters. The molecule has 1 heterocycles. The van der Waals surface area contributed by atoms with E-state index in [4.69, 9.17) is 42.2 Å². The first-order chi connectivity index (χ1) is 15.7. The van der Waals surface area contributed by atoms with Crippen LogP contribution in [0.1, 0.15) is 0 Å². The summed E-state index contributed by atoms with van der Waals surface area (Å²) >= 11 is 0. The molecular formula is C20H36LiO10PSi2W. The molecule has 0 saturated carbocycles. The van der Waals surface area contributed by atoms with E-state index in [0.29, 0.717) is 57.8 Å². The summed E-state index contributed by atoms with van der Waals surface area (Å²) in [5.41, 5.74) is 0. The molecule has 0 amide bonds. The third kappa shape index (κ3) is 52.0. The molecule has 35 heavy (non-hydrogen) atoms. The summed E-state index contributed by atoms with van der Waals surface area (Å²) in [6.07, 6.45) is 0. The maximum Gasteiger partial charge on any atom is 1.00 e. The molecule has 1 aliphatic rings. The Hall–Kier alpha value is 0.649. The van der Waals surface area contributed by atoms with Crippen molar-refractivity contribution < 1.29 is 87.0 Å². The molecule has 0 radical (unpaired) electrons. The first-order valence-electron chi connectivity index (χ1n) is 9.40. The van der Waals surface area contributed by atoms with E-state index in [0.717, 1.165) is 0 Å². The molecule has 0 aliphatic carbocycles. The number of ether oxygens (including phenoxy) is 4. The monoisotopic (exact) mass is 714 g/mol. The maximum absolute atomic E-state index is 11.0. The van der Waals surface area contributed by atoms with Crippen LogP contribution in [-0.2, 0) is 63.3 Å². The minimum Gasteiger partial charge on any atom is 0 e. The summed E-state index contributed by atoms with van der Waals surface area (Å²) in [5, 5.41) is 0. The van der Waals surface area contributed by atoms with E-state index in [9.17, 15) is 4.89 Å². The Morgan fingerprint density at radius 2 is 0.686 bits per heavy atom. The standard InChI is InChI=1S/C8H16O4.C7H20OPSi2.5CO.Li.W/c1-2-10-5-6-12-8-7-11-4-3-9-1;1-10(2,3)7(9-8)11(4,5)6;5*1-2;;/h1-8H2;7,9H,1-6H3;;;;;;;/q;-1;;;;;;+1;. The molecule has 196 valence electrons. The second-order valence-corrected chi connectivity index (χ2v) is 20.9. The van der Waals surface area contributed by atoms with Gasteiger partial charge in [-0.1, -0.05) is 39.3 Å². The average molecular weight is 714 g/mol. The normalized spacial score (nSPS) is 13.3. The van der Waals surface area contributed by atoms with Crippen molar-refractivity contribution in [2.45, 2.75) is 44.2 Å². The molecule has 1 fully saturated rings. The van der Waals surface area contributed by atoms with Crippen molar-refractivity contribution in [1.29, 1.82) is 0 Å². The van der Waals surface area contributed by atoms with Gasteiger partial charge in [0.05, 0.1) is 52.9 Å². The van der Waals surface area contributed by atoms with Crippen molar-refractivity contribution in [2.75, 3.05) is 52.9 Å². The van der Waals surface area contributed by atoms with Crippen molar-refractivity contribution >= 4 is 25.0 Å². The zero-order chi connectivity index (χ0) is 27.8. The molecule has 1 rings (SSSR count). The van der Waals surface area contributed by atoms with E-state index >= 15 is 0 Å². The predicted molar refractivity (Wildman–Crippen MR) is 122 cm³/mol. The Balaban J connectivity index is -0.0000000490. The van der Waals surface area contributed by atoms with Crippen LogP contribution >= 0.6 is 8.81 Å². The smallest absolute Gasteiger partial charge is 0 e. The molecule has 15 heteroatoms. The minimum absolute atomic E-state index is 0. The van der Waals surface area contributed by atoms with E-state index in [1.54, 1.807) is 0 Å².